The van der Waals surface area contributed by atoms with E-state index >= 15 is 0 Å². The zero-order valence-electron chi connectivity index (χ0n) is 10.5. The maximum atomic E-state index is 13.6. The molecule has 5 heteroatoms. The van der Waals surface area contributed by atoms with Crippen molar-refractivity contribution in [2.24, 2.45) is 0 Å². The Kier molecular flexibility index (Phi) is 6.60. The molecule has 3 nitrogen and oxygen atoms in total. The van der Waals surface area contributed by atoms with Crippen molar-refractivity contribution in [3.63, 3.8) is 0 Å². The van der Waals surface area contributed by atoms with E-state index in [4.69, 9.17) is 9.84 Å². The highest BCUT2D eigenvalue weighted by atomic mass is 19.1. The number of aliphatic hydroxyl groups excluding tert-OH is 1. The summed E-state index contributed by atoms with van der Waals surface area (Å²) >= 11 is 0. The van der Waals surface area contributed by atoms with Crippen molar-refractivity contribution in [3.8, 4) is 5.75 Å². The Morgan fingerprint density at radius 3 is 2.44 bits per heavy atom. The molecule has 1 aromatic rings. The average molecular weight is 259 g/mol. The third-order valence-electron chi connectivity index (χ3n) is 2.44. The fourth-order valence-corrected chi connectivity index (χ4v) is 1.51. The van der Waals surface area contributed by atoms with Crippen molar-refractivity contribution in [2.45, 2.75) is 26.3 Å². The van der Waals surface area contributed by atoms with Crippen LogP contribution in [-0.4, -0.2) is 24.9 Å². The van der Waals surface area contributed by atoms with Gasteiger partial charge in [0.15, 0.2) is 17.4 Å². The summed E-state index contributed by atoms with van der Waals surface area (Å²) in [4.78, 5) is 0. The first kappa shape index (κ1) is 14.9. The Hall–Kier alpha value is -1.20. The summed E-state index contributed by atoms with van der Waals surface area (Å²) in [6, 6.07) is 2.54. The van der Waals surface area contributed by atoms with Crippen molar-refractivity contribution in [1.82, 2.24) is 5.32 Å². The van der Waals surface area contributed by atoms with Crippen molar-refractivity contribution in [3.05, 3.63) is 29.3 Å². The molecule has 0 heterocycles. The van der Waals surface area contributed by atoms with Gasteiger partial charge in [-0.2, -0.15) is 0 Å². The number of aliphatic hydroxyl groups is 1. The fraction of sp³-hybridized carbons (Fsp3) is 0.538. The van der Waals surface area contributed by atoms with E-state index in [1.165, 1.54) is 12.1 Å². The van der Waals surface area contributed by atoms with Gasteiger partial charge in [-0.25, -0.2) is 8.78 Å². The zero-order chi connectivity index (χ0) is 13.4. The van der Waals surface area contributed by atoms with Gasteiger partial charge in [-0.1, -0.05) is 6.92 Å². The van der Waals surface area contributed by atoms with E-state index < -0.39 is 11.6 Å². The van der Waals surface area contributed by atoms with Gasteiger partial charge in [-0.05, 0) is 37.1 Å². The molecule has 18 heavy (non-hydrogen) atoms. The quantitative estimate of drug-likeness (QED) is 0.703. The number of hydrogen-bond acceptors (Lipinski definition) is 3. The molecule has 0 fully saturated rings. The molecular formula is C13H19F2NO2. The Morgan fingerprint density at radius 1 is 1.22 bits per heavy atom. The van der Waals surface area contributed by atoms with E-state index in [1.54, 1.807) is 0 Å². The van der Waals surface area contributed by atoms with Gasteiger partial charge >= 0.3 is 0 Å². The van der Waals surface area contributed by atoms with Crippen molar-refractivity contribution < 1.29 is 18.6 Å². The maximum absolute atomic E-state index is 13.6. The smallest absolute Gasteiger partial charge is 0.190 e. The Balaban J connectivity index is 2.62. The molecule has 1 aromatic carbocycles. The topological polar surface area (TPSA) is 41.5 Å². The van der Waals surface area contributed by atoms with Gasteiger partial charge in [-0.15, -0.1) is 0 Å². The van der Waals surface area contributed by atoms with Gasteiger partial charge in [0.25, 0.3) is 0 Å². The molecule has 1 rings (SSSR count). The molecule has 0 aliphatic rings. The molecule has 0 amide bonds. The Bertz CT molecular complexity index is 349. The lowest BCUT2D eigenvalue weighted by Crippen LogP contribution is -2.12. The first-order chi connectivity index (χ1) is 8.69. The van der Waals surface area contributed by atoms with Crippen LogP contribution in [0, 0.1) is 11.6 Å². The average Bonchev–Trinajstić information content (AvgIpc) is 2.34. The molecule has 0 saturated carbocycles. The van der Waals surface area contributed by atoms with E-state index in [0.717, 1.165) is 6.54 Å². The molecule has 0 atom stereocenters. The minimum Gasteiger partial charge on any atom is -0.488 e. The zero-order valence-corrected chi connectivity index (χ0v) is 10.5. The van der Waals surface area contributed by atoms with E-state index in [-0.39, 0.29) is 19.0 Å². The molecule has 0 bridgehead atoms. The molecule has 0 radical (unpaired) electrons. The lowest BCUT2D eigenvalue weighted by Gasteiger charge is -2.10. The standard InChI is InChI=1S/C13H19F2NO2/c1-2-16-9-10-7-11(14)13(12(15)8-10)18-6-4-3-5-17/h7-8,16-17H,2-6,9H2,1H3. The number of rotatable bonds is 8. The van der Waals surface area contributed by atoms with Crippen LogP contribution in [-0.2, 0) is 6.54 Å². The van der Waals surface area contributed by atoms with Gasteiger partial charge in [0, 0.05) is 13.2 Å². The van der Waals surface area contributed by atoms with Crippen LogP contribution >= 0.6 is 0 Å². The highest BCUT2D eigenvalue weighted by molar-refractivity contribution is 5.31. The number of ether oxygens (including phenoxy) is 1. The van der Waals surface area contributed by atoms with Crippen molar-refractivity contribution in [2.75, 3.05) is 19.8 Å². The third kappa shape index (κ3) is 4.58. The van der Waals surface area contributed by atoms with Crippen LogP contribution in [0.4, 0.5) is 8.78 Å². The van der Waals surface area contributed by atoms with Crippen LogP contribution in [0.1, 0.15) is 25.3 Å². The van der Waals surface area contributed by atoms with Gasteiger partial charge < -0.3 is 15.2 Å². The number of nitrogens with one attached hydrogen (secondary N) is 1. The Labute approximate surface area is 106 Å². The number of hydrogen-bond donors (Lipinski definition) is 2. The predicted molar refractivity (Wildman–Crippen MR) is 65.6 cm³/mol. The number of unbranched alkanes of at least 4 members (excludes halogenated alkanes) is 1. The summed E-state index contributed by atoms with van der Waals surface area (Å²) in [5.74, 6) is -1.72. The molecular weight excluding hydrogens is 240 g/mol. The summed E-state index contributed by atoms with van der Waals surface area (Å²) in [6.07, 6.45) is 1.12. The van der Waals surface area contributed by atoms with Crippen molar-refractivity contribution >= 4 is 0 Å². The van der Waals surface area contributed by atoms with Crippen LogP contribution in [0.2, 0.25) is 0 Å². The molecule has 0 aromatic heterocycles. The number of benzene rings is 1. The second kappa shape index (κ2) is 8.00. The highest BCUT2D eigenvalue weighted by Gasteiger charge is 2.12. The molecule has 0 aliphatic heterocycles. The Morgan fingerprint density at radius 2 is 1.89 bits per heavy atom. The fourth-order valence-electron chi connectivity index (χ4n) is 1.51. The third-order valence-corrected chi connectivity index (χ3v) is 2.44. The minimum atomic E-state index is -0.688. The summed E-state index contributed by atoms with van der Waals surface area (Å²) in [5, 5.41) is 11.6. The lowest BCUT2D eigenvalue weighted by molar-refractivity contribution is 0.242. The van der Waals surface area contributed by atoms with E-state index in [0.29, 0.717) is 24.9 Å². The second-order valence-corrected chi connectivity index (χ2v) is 3.95. The summed E-state index contributed by atoms with van der Waals surface area (Å²) in [7, 11) is 0. The molecule has 0 saturated heterocycles. The van der Waals surface area contributed by atoms with Gasteiger partial charge in [0.2, 0.25) is 0 Å². The predicted octanol–water partition coefficient (Wildman–Crippen LogP) is 2.23. The van der Waals surface area contributed by atoms with Crippen LogP contribution in [0.3, 0.4) is 0 Å². The van der Waals surface area contributed by atoms with Crippen LogP contribution in [0.5, 0.6) is 5.75 Å². The van der Waals surface area contributed by atoms with E-state index in [9.17, 15) is 8.78 Å². The van der Waals surface area contributed by atoms with E-state index in [1.807, 2.05) is 6.92 Å². The molecule has 0 spiro atoms. The number of halogens is 2. The molecule has 102 valence electrons. The van der Waals surface area contributed by atoms with Gasteiger partial charge in [-0.3, -0.25) is 0 Å². The minimum absolute atomic E-state index is 0.0515. The van der Waals surface area contributed by atoms with Crippen LogP contribution in [0.15, 0.2) is 12.1 Å². The van der Waals surface area contributed by atoms with Crippen LogP contribution in [0.25, 0.3) is 0 Å². The van der Waals surface area contributed by atoms with Crippen molar-refractivity contribution in [1.29, 1.82) is 0 Å². The maximum Gasteiger partial charge on any atom is 0.190 e. The molecule has 0 aliphatic carbocycles. The molecule has 0 unspecified atom stereocenters. The van der Waals surface area contributed by atoms with E-state index in [2.05, 4.69) is 5.32 Å². The highest BCUT2D eigenvalue weighted by Crippen LogP contribution is 2.23. The SMILES string of the molecule is CCNCc1cc(F)c(OCCCCO)c(F)c1. The largest absolute Gasteiger partial charge is 0.488 e. The van der Waals surface area contributed by atoms with Gasteiger partial charge in [0.05, 0.1) is 6.61 Å². The monoisotopic (exact) mass is 259 g/mol. The van der Waals surface area contributed by atoms with Gasteiger partial charge in [0.1, 0.15) is 0 Å². The summed E-state index contributed by atoms with van der Waals surface area (Å²) in [5.41, 5.74) is 0.551. The summed E-state index contributed by atoms with van der Waals surface area (Å²) in [6.45, 7) is 3.33. The second-order valence-electron chi connectivity index (χ2n) is 3.95. The lowest BCUT2D eigenvalue weighted by atomic mass is 10.2. The summed E-state index contributed by atoms with van der Waals surface area (Å²) < 4.78 is 32.3. The first-order valence-corrected chi connectivity index (χ1v) is 6.11. The molecule has 2 N–H and O–H groups in total. The van der Waals surface area contributed by atoms with Crippen LogP contribution < -0.4 is 10.1 Å². The first-order valence-electron chi connectivity index (χ1n) is 6.11. The normalized spacial score (nSPS) is 10.7.